The Kier molecular flexibility index (Phi) is 5.84. The molecule has 6 nitrogen and oxygen atoms in total. The van der Waals surface area contributed by atoms with E-state index in [9.17, 15) is 13.2 Å². The van der Waals surface area contributed by atoms with Crippen LogP contribution in [0.4, 0.5) is 5.69 Å². The lowest BCUT2D eigenvalue weighted by Crippen LogP contribution is -2.43. The van der Waals surface area contributed by atoms with Gasteiger partial charge in [-0.25, -0.2) is 14.3 Å². The van der Waals surface area contributed by atoms with E-state index in [2.05, 4.69) is 0 Å². The van der Waals surface area contributed by atoms with Crippen LogP contribution in [0.15, 0.2) is 53.4 Å². The monoisotopic (exact) mass is 465 g/mol. The minimum absolute atomic E-state index is 0.0337. The molecule has 0 aliphatic carbocycles. The Morgan fingerprint density at radius 1 is 1.17 bits per heavy atom. The summed E-state index contributed by atoms with van der Waals surface area (Å²) in [6.07, 6.45) is 0. The van der Waals surface area contributed by atoms with E-state index in [1.54, 1.807) is 24.3 Å². The van der Waals surface area contributed by atoms with Crippen molar-refractivity contribution in [3.8, 4) is 0 Å². The van der Waals surface area contributed by atoms with E-state index in [0.717, 1.165) is 4.31 Å². The third-order valence-electron chi connectivity index (χ3n) is 2.97. The minimum Gasteiger partial charge on any atom is -0.293 e. The number of nitrogens with zero attached hydrogens (tertiary/aromatic N) is 1. The molecular formula is C14H13ClIN3O3S. The van der Waals surface area contributed by atoms with Crippen LogP contribution in [0.25, 0.3) is 0 Å². The first-order valence-corrected chi connectivity index (χ1v) is 9.28. The zero-order valence-electron chi connectivity index (χ0n) is 11.7. The molecule has 2 aromatic carbocycles. The number of benzene rings is 2. The van der Waals surface area contributed by atoms with Gasteiger partial charge in [0.05, 0.1) is 10.6 Å². The lowest BCUT2D eigenvalue weighted by molar-refractivity contribution is -0.119. The van der Waals surface area contributed by atoms with Crippen molar-refractivity contribution in [3.63, 3.8) is 0 Å². The van der Waals surface area contributed by atoms with Crippen molar-refractivity contribution in [1.82, 2.24) is 5.43 Å². The molecule has 0 saturated heterocycles. The number of anilines is 1. The van der Waals surface area contributed by atoms with Gasteiger partial charge in [0.2, 0.25) is 0 Å². The first kappa shape index (κ1) is 18.0. The summed E-state index contributed by atoms with van der Waals surface area (Å²) in [5, 5.41) is 0.421. The standard InChI is InChI=1S/C14H13ClIN3O3S/c15-10-5-7-11(8-6-10)23(21,22)19(9-14(20)18-17)13-4-2-1-3-12(13)16/h1-8H,9,17H2,(H,18,20). The first-order valence-electron chi connectivity index (χ1n) is 6.38. The van der Waals surface area contributed by atoms with Gasteiger partial charge < -0.3 is 0 Å². The van der Waals surface area contributed by atoms with Gasteiger partial charge in [-0.15, -0.1) is 0 Å². The fraction of sp³-hybridized carbons (Fsp3) is 0.0714. The predicted octanol–water partition coefficient (Wildman–Crippen LogP) is 2.13. The predicted molar refractivity (Wildman–Crippen MR) is 97.5 cm³/mol. The molecule has 2 aromatic rings. The van der Waals surface area contributed by atoms with Crippen LogP contribution < -0.4 is 15.6 Å². The van der Waals surface area contributed by atoms with Crippen molar-refractivity contribution < 1.29 is 13.2 Å². The molecule has 0 spiro atoms. The maximum Gasteiger partial charge on any atom is 0.264 e. The first-order chi connectivity index (χ1) is 10.9. The van der Waals surface area contributed by atoms with Gasteiger partial charge in [0.1, 0.15) is 6.54 Å². The third-order valence-corrected chi connectivity index (χ3v) is 5.91. The summed E-state index contributed by atoms with van der Waals surface area (Å²) in [4.78, 5) is 11.7. The fourth-order valence-corrected chi connectivity index (χ4v) is 4.27. The quantitative estimate of drug-likeness (QED) is 0.306. The van der Waals surface area contributed by atoms with Crippen molar-refractivity contribution in [1.29, 1.82) is 0 Å². The lowest BCUT2D eigenvalue weighted by atomic mass is 10.3. The number of hydrogen-bond donors (Lipinski definition) is 2. The Labute approximate surface area is 152 Å². The number of sulfonamides is 1. The minimum atomic E-state index is -3.95. The van der Waals surface area contributed by atoms with E-state index >= 15 is 0 Å². The van der Waals surface area contributed by atoms with Gasteiger partial charge in [-0.05, 0) is 59.0 Å². The second kappa shape index (κ2) is 7.47. The topological polar surface area (TPSA) is 92.5 Å². The van der Waals surface area contributed by atoms with Crippen LogP contribution in [-0.2, 0) is 14.8 Å². The van der Waals surface area contributed by atoms with Gasteiger partial charge in [-0.2, -0.15) is 0 Å². The van der Waals surface area contributed by atoms with Gasteiger partial charge in [-0.3, -0.25) is 14.5 Å². The van der Waals surface area contributed by atoms with Gasteiger partial charge in [0, 0.05) is 8.59 Å². The average Bonchev–Trinajstić information content (AvgIpc) is 2.53. The molecule has 122 valence electrons. The summed E-state index contributed by atoms with van der Waals surface area (Å²) >= 11 is 7.81. The summed E-state index contributed by atoms with van der Waals surface area (Å²) in [5.74, 6) is 4.47. The molecule has 0 unspecified atom stereocenters. The number of nitrogens with one attached hydrogen (secondary N) is 1. The molecule has 0 radical (unpaired) electrons. The highest BCUT2D eigenvalue weighted by molar-refractivity contribution is 14.1. The number of rotatable bonds is 5. The van der Waals surface area contributed by atoms with Crippen LogP contribution >= 0.6 is 34.2 Å². The molecule has 0 saturated carbocycles. The van der Waals surface area contributed by atoms with Gasteiger partial charge in [0.25, 0.3) is 15.9 Å². The number of carbonyl (C=O) groups is 1. The second-order valence-corrected chi connectivity index (χ2v) is 7.95. The zero-order chi connectivity index (χ0) is 17.0. The number of nitrogens with two attached hydrogens (primary N) is 1. The molecule has 1 amide bonds. The van der Waals surface area contributed by atoms with Crippen LogP contribution in [0, 0.1) is 3.57 Å². The molecule has 0 heterocycles. The normalized spacial score (nSPS) is 11.1. The van der Waals surface area contributed by atoms with E-state index in [-0.39, 0.29) is 4.90 Å². The number of amides is 1. The maximum atomic E-state index is 12.9. The molecule has 23 heavy (non-hydrogen) atoms. The molecule has 0 fully saturated rings. The highest BCUT2D eigenvalue weighted by atomic mass is 127. The Morgan fingerprint density at radius 3 is 2.35 bits per heavy atom. The van der Waals surface area contributed by atoms with E-state index in [0.29, 0.717) is 14.3 Å². The highest BCUT2D eigenvalue weighted by Crippen LogP contribution is 2.28. The summed E-state index contributed by atoms with van der Waals surface area (Å²) in [5.41, 5.74) is 2.34. The second-order valence-electron chi connectivity index (χ2n) is 4.48. The number of hydrazine groups is 1. The smallest absolute Gasteiger partial charge is 0.264 e. The third kappa shape index (κ3) is 4.14. The molecule has 2 rings (SSSR count). The molecule has 0 atom stereocenters. The van der Waals surface area contributed by atoms with Crippen molar-refractivity contribution in [2.24, 2.45) is 5.84 Å². The van der Waals surface area contributed by atoms with Gasteiger partial charge in [0.15, 0.2) is 0 Å². The molecule has 0 aromatic heterocycles. The Morgan fingerprint density at radius 2 is 1.78 bits per heavy atom. The Bertz CT molecular complexity index is 812. The van der Waals surface area contributed by atoms with Crippen molar-refractivity contribution >= 4 is 55.8 Å². The SMILES string of the molecule is NNC(=O)CN(c1ccccc1I)S(=O)(=O)c1ccc(Cl)cc1. The Balaban J connectivity index is 2.54. The largest absolute Gasteiger partial charge is 0.293 e. The van der Waals surface area contributed by atoms with Crippen molar-refractivity contribution in [3.05, 3.63) is 57.1 Å². The number of halogens is 2. The fourth-order valence-electron chi connectivity index (χ4n) is 1.86. The van der Waals surface area contributed by atoms with Crippen LogP contribution in [0.2, 0.25) is 5.02 Å². The van der Waals surface area contributed by atoms with Crippen LogP contribution in [0.5, 0.6) is 0 Å². The van der Waals surface area contributed by atoms with Crippen LogP contribution in [-0.4, -0.2) is 20.9 Å². The van der Waals surface area contributed by atoms with E-state index in [1.165, 1.54) is 24.3 Å². The number of para-hydroxylation sites is 1. The van der Waals surface area contributed by atoms with Crippen molar-refractivity contribution in [2.45, 2.75) is 4.90 Å². The average molecular weight is 466 g/mol. The molecular weight excluding hydrogens is 453 g/mol. The zero-order valence-corrected chi connectivity index (χ0v) is 15.5. The summed E-state index contributed by atoms with van der Waals surface area (Å²) in [6.45, 7) is -0.429. The van der Waals surface area contributed by atoms with Crippen LogP contribution in [0.1, 0.15) is 0 Å². The summed E-state index contributed by atoms with van der Waals surface area (Å²) in [7, 11) is -3.95. The van der Waals surface area contributed by atoms with Crippen LogP contribution in [0.3, 0.4) is 0 Å². The van der Waals surface area contributed by atoms with Gasteiger partial charge in [-0.1, -0.05) is 23.7 Å². The summed E-state index contributed by atoms with van der Waals surface area (Å²) < 4.78 is 27.5. The van der Waals surface area contributed by atoms with E-state index in [1.807, 2.05) is 28.0 Å². The number of carbonyl (C=O) groups excluding carboxylic acids is 1. The molecule has 0 aliphatic rings. The molecule has 0 bridgehead atoms. The van der Waals surface area contributed by atoms with E-state index < -0.39 is 22.5 Å². The van der Waals surface area contributed by atoms with Crippen molar-refractivity contribution in [2.75, 3.05) is 10.8 Å². The number of hydrogen-bond acceptors (Lipinski definition) is 4. The molecule has 3 N–H and O–H groups in total. The maximum absolute atomic E-state index is 12.9. The van der Waals surface area contributed by atoms with Gasteiger partial charge >= 0.3 is 0 Å². The highest BCUT2D eigenvalue weighted by Gasteiger charge is 2.28. The lowest BCUT2D eigenvalue weighted by Gasteiger charge is -2.24. The molecule has 9 heteroatoms. The van der Waals surface area contributed by atoms with E-state index in [4.69, 9.17) is 17.4 Å². The summed E-state index contributed by atoms with van der Waals surface area (Å²) in [6, 6.07) is 12.6. The molecule has 0 aliphatic heterocycles. The Hall–Kier alpha value is -1.36.